The standard InChI is InChI=1S/C17H18ClF3N4O/c1-9(26)25-7-11(22)5-12(8-25)23-15-6-16(17(19,20)21)24-14-3-2-10(18)4-13(14)15/h2-4,6,11-12H,5,7-8,22H2,1H3,(H,23,24)/t11-,12+/m0/s1. The van der Waals surface area contributed by atoms with Gasteiger partial charge in [0.25, 0.3) is 0 Å². The molecule has 0 aliphatic carbocycles. The molecule has 26 heavy (non-hydrogen) atoms. The number of hydrogen-bond donors (Lipinski definition) is 2. The van der Waals surface area contributed by atoms with Gasteiger partial charge < -0.3 is 16.0 Å². The van der Waals surface area contributed by atoms with Crippen LogP contribution in [-0.2, 0) is 11.0 Å². The Hall–Kier alpha value is -2.06. The second-order valence-electron chi connectivity index (χ2n) is 6.48. The third-order valence-corrected chi connectivity index (χ3v) is 4.58. The lowest BCUT2D eigenvalue weighted by Gasteiger charge is -2.36. The van der Waals surface area contributed by atoms with Gasteiger partial charge in [0.05, 0.1) is 5.52 Å². The zero-order valence-electron chi connectivity index (χ0n) is 14.0. The highest BCUT2D eigenvalue weighted by atomic mass is 35.5. The molecule has 1 fully saturated rings. The molecule has 140 valence electrons. The molecular formula is C17H18ClF3N4O. The Morgan fingerprint density at radius 3 is 2.73 bits per heavy atom. The summed E-state index contributed by atoms with van der Waals surface area (Å²) in [5.41, 5.74) is 5.47. The van der Waals surface area contributed by atoms with E-state index in [1.54, 1.807) is 11.0 Å². The van der Waals surface area contributed by atoms with Crippen LogP contribution >= 0.6 is 11.6 Å². The first kappa shape index (κ1) is 18.7. The minimum atomic E-state index is -4.57. The van der Waals surface area contributed by atoms with E-state index >= 15 is 0 Å². The highest BCUT2D eigenvalue weighted by Crippen LogP contribution is 2.34. The van der Waals surface area contributed by atoms with Crippen molar-refractivity contribution in [3.63, 3.8) is 0 Å². The van der Waals surface area contributed by atoms with Gasteiger partial charge in [-0.3, -0.25) is 4.79 Å². The zero-order valence-corrected chi connectivity index (χ0v) is 14.7. The Balaban J connectivity index is 2.00. The topological polar surface area (TPSA) is 71.2 Å². The number of likely N-dealkylation sites (tertiary alicyclic amines) is 1. The maximum absolute atomic E-state index is 13.2. The van der Waals surface area contributed by atoms with Gasteiger partial charge in [-0.25, -0.2) is 4.98 Å². The number of rotatable bonds is 2. The van der Waals surface area contributed by atoms with Crippen molar-refractivity contribution in [1.29, 1.82) is 0 Å². The Labute approximate surface area is 153 Å². The zero-order chi connectivity index (χ0) is 19.1. The van der Waals surface area contributed by atoms with Gasteiger partial charge in [-0.05, 0) is 30.7 Å². The molecule has 1 aromatic heterocycles. The molecule has 0 spiro atoms. The first-order valence-electron chi connectivity index (χ1n) is 8.08. The highest BCUT2D eigenvalue weighted by Gasteiger charge is 2.34. The molecule has 3 rings (SSSR count). The van der Waals surface area contributed by atoms with Crippen LogP contribution in [0.1, 0.15) is 19.0 Å². The molecular weight excluding hydrogens is 369 g/mol. The fourth-order valence-corrected chi connectivity index (χ4v) is 3.35. The van der Waals surface area contributed by atoms with E-state index < -0.39 is 11.9 Å². The summed E-state index contributed by atoms with van der Waals surface area (Å²) >= 11 is 6.00. The number of nitrogens with one attached hydrogen (secondary N) is 1. The summed E-state index contributed by atoms with van der Waals surface area (Å²) in [6.07, 6.45) is -4.03. The number of benzene rings is 1. The van der Waals surface area contributed by atoms with Crippen LogP contribution in [0.3, 0.4) is 0 Å². The number of fused-ring (bicyclic) bond motifs is 1. The molecule has 0 radical (unpaired) electrons. The number of aromatic nitrogens is 1. The van der Waals surface area contributed by atoms with Gasteiger partial charge >= 0.3 is 6.18 Å². The second-order valence-corrected chi connectivity index (χ2v) is 6.91. The second kappa shape index (κ2) is 6.92. The fraction of sp³-hybridized carbons (Fsp3) is 0.412. The molecule has 1 aromatic carbocycles. The van der Waals surface area contributed by atoms with Crippen LogP contribution in [0.25, 0.3) is 10.9 Å². The first-order valence-corrected chi connectivity index (χ1v) is 8.46. The molecule has 2 heterocycles. The van der Waals surface area contributed by atoms with E-state index in [-0.39, 0.29) is 29.2 Å². The van der Waals surface area contributed by atoms with Gasteiger partial charge in [-0.1, -0.05) is 11.6 Å². The summed E-state index contributed by atoms with van der Waals surface area (Å²) in [5.74, 6) is -0.120. The van der Waals surface area contributed by atoms with E-state index in [1.807, 2.05) is 0 Å². The number of amides is 1. The van der Waals surface area contributed by atoms with Crippen LogP contribution in [0.15, 0.2) is 24.3 Å². The van der Waals surface area contributed by atoms with E-state index in [0.717, 1.165) is 6.07 Å². The number of anilines is 1. The average Bonchev–Trinajstić information content (AvgIpc) is 2.53. The molecule has 5 nitrogen and oxygen atoms in total. The molecule has 9 heteroatoms. The third kappa shape index (κ3) is 4.02. The summed E-state index contributed by atoms with van der Waals surface area (Å²) in [6.45, 7) is 2.25. The molecule has 2 aromatic rings. The van der Waals surface area contributed by atoms with E-state index in [0.29, 0.717) is 29.9 Å². The Bertz CT molecular complexity index is 843. The van der Waals surface area contributed by atoms with Gasteiger partial charge in [0.15, 0.2) is 0 Å². The van der Waals surface area contributed by atoms with Crippen LogP contribution in [-0.4, -0.2) is 41.0 Å². The molecule has 0 unspecified atom stereocenters. The van der Waals surface area contributed by atoms with Gasteiger partial charge in [0.1, 0.15) is 5.69 Å². The number of carbonyl (C=O) groups is 1. The smallest absolute Gasteiger partial charge is 0.380 e. The maximum Gasteiger partial charge on any atom is 0.433 e. The predicted molar refractivity (Wildman–Crippen MR) is 94.0 cm³/mol. The van der Waals surface area contributed by atoms with E-state index in [4.69, 9.17) is 17.3 Å². The molecule has 3 N–H and O–H groups in total. The number of nitrogens with zero attached hydrogens (tertiary/aromatic N) is 2. The number of piperidine rings is 1. The third-order valence-electron chi connectivity index (χ3n) is 4.35. The van der Waals surface area contributed by atoms with Crippen molar-refractivity contribution in [2.75, 3.05) is 18.4 Å². The number of alkyl halides is 3. The predicted octanol–water partition coefficient (Wildman–Crippen LogP) is 3.27. The van der Waals surface area contributed by atoms with Crippen LogP contribution in [0.4, 0.5) is 18.9 Å². The summed E-state index contributed by atoms with van der Waals surface area (Å²) in [7, 11) is 0. The SMILES string of the molecule is CC(=O)N1C[C@@H](N)C[C@@H](Nc2cc(C(F)(F)F)nc3ccc(Cl)cc23)C1. The van der Waals surface area contributed by atoms with Crippen LogP contribution < -0.4 is 11.1 Å². The van der Waals surface area contributed by atoms with Gasteiger partial charge in [0.2, 0.25) is 5.91 Å². The summed E-state index contributed by atoms with van der Waals surface area (Å²) in [6, 6.07) is 4.97. The number of carbonyl (C=O) groups excluding carboxylic acids is 1. The van der Waals surface area contributed by atoms with E-state index in [1.165, 1.54) is 19.1 Å². The lowest BCUT2D eigenvalue weighted by atomic mass is 10.0. The normalized spacial score (nSPS) is 21.1. The Morgan fingerprint density at radius 2 is 2.08 bits per heavy atom. The highest BCUT2D eigenvalue weighted by molar-refractivity contribution is 6.31. The average molecular weight is 387 g/mol. The monoisotopic (exact) mass is 386 g/mol. The van der Waals surface area contributed by atoms with E-state index in [2.05, 4.69) is 10.3 Å². The van der Waals surface area contributed by atoms with Crippen molar-refractivity contribution >= 4 is 34.1 Å². The lowest BCUT2D eigenvalue weighted by Crippen LogP contribution is -2.53. The fourth-order valence-electron chi connectivity index (χ4n) is 3.18. The minimum absolute atomic E-state index is 0.120. The van der Waals surface area contributed by atoms with Crippen molar-refractivity contribution < 1.29 is 18.0 Å². The first-order chi connectivity index (χ1) is 12.1. The molecule has 1 saturated heterocycles. The molecule has 0 saturated carbocycles. The minimum Gasteiger partial charge on any atom is -0.380 e. The summed E-state index contributed by atoms with van der Waals surface area (Å²) < 4.78 is 39.6. The number of hydrogen-bond acceptors (Lipinski definition) is 4. The summed E-state index contributed by atoms with van der Waals surface area (Å²) in [5, 5.41) is 3.99. The van der Waals surface area contributed by atoms with Crippen molar-refractivity contribution in [2.24, 2.45) is 5.73 Å². The van der Waals surface area contributed by atoms with Gasteiger partial charge in [0, 0.05) is 48.2 Å². The van der Waals surface area contributed by atoms with Crippen molar-refractivity contribution in [3.8, 4) is 0 Å². The Morgan fingerprint density at radius 1 is 1.35 bits per heavy atom. The van der Waals surface area contributed by atoms with Crippen LogP contribution in [0.5, 0.6) is 0 Å². The van der Waals surface area contributed by atoms with Crippen molar-refractivity contribution in [2.45, 2.75) is 31.6 Å². The number of nitrogens with two attached hydrogens (primary N) is 1. The number of pyridine rings is 1. The summed E-state index contributed by atoms with van der Waals surface area (Å²) in [4.78, 5) is 16.9. The number of halogens is 4. The molecule has 1 aliphatic heterocycles. The van der Waals surface area contributed by atoms with Crippen molar-refractivity contribution in [1.82, 2.24) is 9.88 Å². The molecule has 2 atom stereocenters. The lowest BCUT2D eigenvalue weighted by molar-refractivity contribution is -0.140. The quantitative estimate of drug-likeness (QED) is 0.831. The van der Waals surface area contributed by atoms with Gasteiger partial charge in [-0.15, -0.1) is 0 Å². The molecule has 1 aliphatic rings. The van der Waals surface area contributed by atoms with Gasteiger partial charge in [-0.2, -0.15) is 13.2 Å². The largest absolute Gasteiger partial charge is 0.433 e. The van der Waals surface area contributed by atoms with Crippen LogP contribution in [0, 0.1) is 0 Å². The van der Waals surface area contributed by atoms with Crippen molar-refractivity contribution in [3.05, 3.63) is 35.0 Å². The Kier molecular flexibility index (Phi) is 4.98. The van der Waals surface area contributed by atoms with E-state index in [9.17, 15) is 18.0 Å². The van der Waals surface area contributed by atoms with Crippen LogP contribution in [0.2, 0.25) is 5.02 Å². The molecule has 0 bridgehead atoms. The molecule has 1 amide bonds. The maximum atomic E-state index is 13.2.